The Morgan fingerprint density at radius 3 is 2.25 bits per heavy atom. The van der Waals surface area contributed by atoms with Crippen LogP contribution in [0.5, 0.6) is 0 Å². The zero-order valence-electron chi connectivity index (χ0n) is 17.1. The van der Waals surface area contributed by atoms with E-state index < -0.39 is 9.84 Å². The zero-order chi connectivity index (χ0) is 22.7. The molecule has 0 radical (unpaired) electrons. The number of anilines is 1. The minimum Gasteiger partial charge on any atom is -0.322 e. The van der Waals surface area contributed by atoms with Gasteiger partial charge in [-0.3, -0.25) is 9.78 Å². The average molecular weight is 463 g/mol. The van der Waals surface area contributed by atoms with E-state index in [0.717, 1.165) is 6.26 Å². The van der Waals surface area contributed by atoms with Crippen LogP contribution in [0.15, 0.2) is 96.0 Å². The molecule has 1 aromatic heterocycles. The van der Waals surface area contributed by atoms with Crippen LogP contribution in [0.2, 0.25) is 5.02 Å². The van der Waals surface area contributed by atoms with E-state index in [1.807, 2.05) is 18.2 Å². The molecule has 32 heavy (non-hydrogen) atoms. The van der Waals surface area contributed by atoms with Gasteiger partial charge < -0.3 is 5.32 Å². The van der Waals surface area contributed by atoms with Crippen molar-refractivity contribution >= 4 is 33.0 Å². The Hall–Kier alpha value is -3.48. The summed E-state index contributed by atoms with van der Waals surface area (Å²) in [5.74, 6) is -0.363. The third-order valence-electron chi connectivity index (χ3n) is 4.91. The maximum absolute atomic E-state index is 13.2. The maximum Gasteiger partial charge on any atom is 0.256 e. The average Bonchev–Trinajstić information content (AvgIpc) is 2.80. The van der Waals surface area contributed by atoms with Gasteiger partial charge in [0.1, 0.15) is 0 Å². The number of carbonyl (C=O) groups excluding carboxylic acids is 1. The molecule has 4 aromatic rings. The van der Waals surface area contributed by atoms with E-state index in [4.69, 9.17) is 11.6 Å². The van der Waals surface area contributed by atoms with Crippen LogP contribution in [0.25, 0.3) is 22.4 Å². The van der Waals surface area contributed by atoms with Crippen LogP contribution in [0.1, 0.15) is 10.4 Å². The summed E-state index contributed by atoms with van der Waals surface area (Å²) in [6, 6.07) is 24.2. The van der Waals surface area contributed by atoms with Gasteiger partial charge in [0.25, 0.3) is 5.91 Å². The first kappa shape index (κ1) is 21.7. The third kappa shape index (κ3) is 4.56. The van der Waals surface area contributed by atoms with Gasteiger partial charge in [0, 0.05) is 34.8 Å². The number of benzene rings is 3. The summed E-state index contributed by atoms with van der Waals surface area (Å²) in [5, 5.41) is 3.41. The topological polar surface area (TPSA) is 76.1 Å². The first-order valence-electron chi connectivity index (χ1n) is 9.75. The Kier molecular flexibility index (Phi) is 6.08. The van der Waals surface area contributed by atoms with Gasteiger partial charge in [-0.25, -0.2) is 8.42 Å². The molecule has 4 rings (SSSR count). The van der Waals surface area contributed by atoms with Crippen molar-refractivity contribution in [1.82, 2.24) is 4.98 Å². The summed E-state index contributed by atoms with van der Waals surface area (Å²) in [6.45, 7) is 0. The van der Waals surface area contributed by atoms with Crippen LogP contribution in [0.3, 0.4) is 0 Å². The van der Waals surface area contributed by atoms with Gasteiger partial charge in [-0.2, -0.15) is 0 Å². The summed E-state index contributed by atoms with van der Waals surface area (Å²) in [5.41, 5.74) is 3.30. The predicted molar refractivity (Wildman–Crippen MR) is 128 cm³/mol. The minimum absolute atomic E-state index is 0.171. The van der Waals surface area contributed by atoms with Gasteiger partial charge >= 0.3 is 0 Å². The van der Waals surface area contributed by atoms with Crippen molar-refractivity contribution in [2.24, 2.45) is 0 Å². The lowest BCUT2D eigenvalue weighted by atomic mass is 9.99. The second-order valence-electron chi connectivity index (χ2n) is 7.18. The van der Waals surface area contributed by atoms with Gasteiger partial charge in [-0.1, -0.05) is 54.1 Å². The summed E-state index contributed by atoms with van der Waals surface area (Å²) < 4.78 is 24.6. The zero-order valence-corrected chi connectivity index (χ0v) is 18.7. The minimum atomic E-state index is -3.48. The van der Waals surface area contributed by atoms with Crippen LogP contribution < -0.4 is 5.32 Å². The number of hydrogen-bond donors (Lipinski definition) is 1. The molecule has 0 aliphatic carbocycles. The molecule has 1 heterocycles. The number of aromatic nitrogens is 1. The normalized spacial score (nSPS) is 11.2. The van der Waals surface area contributed by atoms with E-state index in [0.29, 0.717) is 38.7 Å². The molecule has 0 unspecified atom stereocenters. The number of rotatable bonds is 5. The van der Waals surface area contributed by atoms with Crippen molar-refractivity contribution in [2.75, 3.05) is 11.6 Å². The molecule has 0 atom stereocenters. The molecular formula is C25H19ClN2O3S. The molecule has 0 saturated heterocycles. The van der Waals surface area contributed by atoms with Crippen LogP contribution in [0.4, 0.5) is 5.69 Å². The molecule has 7 heteroatoms. The van der Waals surface area contributed by atoms with Gasteiger partial charge in [-0.05, 0) is 48.0 Å². The van der Waals surface area contributed by atoms with Crippen molar-refractivity contribution in [1.29, 1.82) is 0 Å². The van der Waals surface area contributed by atoms with E-state index >= 15 is 0 Å². The highest BCUT2D eigenvalue weighted by molar-refractivity contribution is 7.90. The summed E-state index contributed by atoms with van der Waals surface area (Å²) in [6.07, 6.45) is 2.83. The van der Waals surface area contributed by atoms with E-state index in [-0.39, 0.29) is 10.8 Å². The summed E-state index contributed by atoms with van der Waals surface area (Å²) in [4.78, 5) is 17.7. The molecule has 0 aliphatic heterocycles. The molecule has 0 spiro atoms. The fourth-order valence-corrected chi connectivity index (χ4v) is 4.57. The van der Waals surface area contributed by atoms with Gasteiger partial charge in [-0.15, -0.1) is 0 Å². The van der Waals surface area contributed by atoms with Crippen molar-refractivity contribution in [3.8, 4) is 22.4 Å². The number of nitrogens with one attached hydrogen (secondary N) is 1. The Morgan fingerprint density at radius 1 is 0.844 bits per heavy atom. The standard InChI is InChI=1S/C25H19ClN2O3S/c1-32(30,31)24-12-5-4-9-19(24)18-8-2-3-10-20(18)25(29)28-17-13-14-22(26)21(16-17)23-11-6-7-15-27-23/h2-16H,1H3,(H,28,29). The lowest BCUT2D eigenvalue weighted by Gasteiger charge is -2.14. The predicted octanol–water partition coefficient (Wildman–Crippen LogP) is 5.72. The van der Waals surface area contributed by atoms with E-state index in [9.17, 15) is 13.2 Å². The van der Waals surface area contributed by atoms with Crippen molar-refractivity contribution in [3.63, 3.8) is 0 Å². The lowest BCUT2D eigenvalue weighted by molar-refractivity contribution is 0.102. The van der Waals surface area contributed by atoms with E-state index in [2.05, 4.69) is 10.3 Å². The van der Waals surface area contributed by atoms with Gasteiger partial charge in [0.05, 0.1) is 15.6 Å². The molecule has 5 nitrogen and oxygen atoms in total. The number of sulfone groups is 1. The number of amides is 1. The molecular weight excluding hydrogens is 444 g/mol. The molecule has 160 valence electrons. The monoisotopic (exact) mass is 462 g/mol. The molecule has 0 saturated carbocycles. The molecule has 0 fully saturated rings. The van der Waals surface area contributed by atoms with Gasteiger partial charge in [0.2, 0.25) is 0 Å². The molecule has 0 bridgehead atoms. The summed E-state index contributed by atoms with van der Waals surface area (Å²) >= 11 is 6.34. The Morgan fingerprint density at radius 2 is 1.53 bits per heavy atom. The smallest absolute Gasteiger partial charge is 0.256 e. The SMILES string of the molecule is CS(=O)(=O)c1ccccc1-c1ccccc1C(=O)Nc1ccc(Cl)c(-c2ccccn2)c1. The number of halogens is 1. The highest BCUT2D eigenvalue weighted by Gasteiger charge is 2.19. The van der Waals surface area contributed by atoms with Crippen LogP contribution in [0, 0.1) is 0 Å². The summed E-state index contributed by atoms with van der Waals surface area (Å²) in [7, 11) is -3.48. The van der Waals surface area contributed by atoms with E-state index in [1.165, 1.54) is 6.07 Å². The highest BCUT2D eigenvalue weighted by Crippen LogP contribution is 2.32. The Balaban J connectivity index is 1.72. The first-order valence-corrected chi connectivity index (χ1v) is 12.0. The van der Waals surface area contributed by atoms with Crippen LogP contribution in [-0.2, 0) is 9.84 Å². The Bertz CT molecular complexity index is 1400. The number of hydrogen-bond acceptors (Lipinski definition) is 4. The second kappa shape index (κ2) is 8.94. The number of carbonyl (C=O) groups is 1. The second-order valence-corrected chi connectivity index (χ2v) is 9.57. The maximum atomic E-state index is 13.2. The number of nitrogens with zero attached hydrogens (tertiary/aromatic N) is 1. The molecule has 1 amide bonds. The van der Waals surface area contributed by atoms with Crippen molar-refractivity contribution in [3.05, 3.63) is 102 Å². The van der Waals surface area contributed by atoms with Crippen molar-refractivity contribution in [2.45, 2.75) is 4.90 Å². The first-order chi connectivity index (χ1) is 15.3. The fraction of sp³-hybridized carbons (Fsp3) is 0.0400. The Labute approximate surface area is 191 Å². The molecule has 1 N–H and O–H groups in total. The van der Waals surface area contributed by atoms with Crippen LogP contribution >= 0.6 is 11.6 Å². The lowest BCUT2D eigenvalue weighted by Crippen LogP contribution is -2.13. The van der Waals surface area contributed by atoms with E-state index in [1.54, 1.807) is 66.9 Å². The third-order valence-corrected chi connectivity index (χ3v) is 6.40. The number of pyridine rings is 1. The highest BCUT2D eigenvalue weighted by atomic mass is 35.5. The quantitative estimate of drug-likeness (QED) is 0.411. The van der Waals surface area contributed by atoms with Gasteiger partial charge in [0.15, 0.2) is 9.84 Å². The molecule has 3 aromatic carbocycles. The fourth-order valence-electron chi connectivity index (χ4n) is 3.45. The molecule has 0 aliphatic rings. The van der Waals surface area contributed by atoms with Crippen LogP contribution in [-0.4, -0.2) is 25.6 Å². The van der Waals surface area contributed by atoms with Crippen molar-refractivity contribution < 1.29 is 13.2 Å². The largest absolute Gasteiger partial charge is 0.322 e.